The SMILES string of the molecule is CC1(C)CC(=C=C(c2ccc(Cl)cc2)c2ccc(Cl)cc2)C(C)(C#N)C1. The molecule has 26 heavy (non-hydrogen) atoms. The highest BCUT2D eigenvalue weighted by atomic mass is 35.5. The van der Waals surface area contributed by atoms with E-state index in [1.807, 2.05) is 55.5 Å². The van der Waals surface area contributed by atoms with Gasteiger partial charge in [0, 0.05) is 15.6 Å². The highest BCUT2D eigenvalue weighted by Crippen LogP contribution is 2.52. The van der Waals surface area contributed by atoms with Crippen LogP contribution in [-0.2, 0) is 0 Å². The quantitative estimate of drug-likeness (QED) is 0.500. The second-order valence-corrected chi connectivity index (χ2v) is 8.83. The smallest absolute Gasteiger partial charge is 0.0833 e. The van der Waals surface area contributed by atoms with E-state index in [-0.39, 0.29) is 5.41 Å². The summed E-state index contributed by atoms with van der Waals surface area (Å²) in [6.45, 7) is 6.44. The van der Waals surface area contributed by atoms with Crippen LogP contribution in [0.1, 0.15) is 44.7 Å². The molecule has 0 aliphatic heterocycles. The number of hydrogen-bond acceptors (Lipinski definition) is 1. The lowest BCUT2D eigenvalue weighted by Gasteiger charge is -2.18. The summed E-state index contributed by atoms with van der Waals surface area (Å²) in [6.07, 6.45) is 1.70. The molecule has 1 saturated carbocycles. The van der Waals surface area contributed by atoms with Crippen molar-refractivity contribution < 1.29 is 0 Å². The largest absolute Gasteiger partial charge is 0.197 e. The van der Waals surface area contributed by atoms with Gasteiger partial charge < -0.3 is 0 Å². The number of hydrogen-bond donors (Lipinski definition) is 0. The molecular weight excluding hydrogens is 361 g/mol. The first-order valence-corrected chi connectivity index (χ1v) is 9.41. The molecule has 0 amide bonds. The van der Waals surface area contributed by atoms with E-state index in [1.54, 1.807) is 0 Å². The normalized spacial score (nSPS) is 21.2. The highest BCUT2D eigenvalue weighted by molar-refractivity contribution is 6.31. The summed E-state index contributed by atoms with van der Waals surface area (Å²) >= 11 is 12.1. The Hall–Kier alpha value is -1.97. The Morgan fingerprint density at radius 1 is 0.885 bits per heavy atom. The van der Waals surface area contributed by atoms with Crippen molar-refractivity contribution in [2.75, 3.05) is 0 Å². The zero-order valence-corrected chi connectivity index (χ0v) is 16.7. The van der Waals surface area contributed by atoms with Gasteiger partial charge in [-0.15, -0.1) is 5.73 Å². The summed E-state index contributed by atoms with van der Waals surface area (Å²) in [4.78, 5) is 0. The van der Waals surface area contributed by atoms with Crippen LogP contribution in [-0.4, -0.2) is 0 Å². The van der Waals surface area contributed by atoms with Crippen LogP contribution in [0.3, 0.4) is 0 Å². The molecule has 1 unspecified atom stereocenters. The Bertz CT molecular complexity index is 876. The van der Waals surface area contributed by atoms with Gasteiger partial charge in [-0.1, -0.05) is 61.3 Å². The maximum absolute atomic E-state index is 9.80. The van der Waals surface area contributed by atoms with Crippen LogP contribution in [0.15, 0.2) is 59.8 Å². The minimum atomic E-state index is -0.492. The van der Waals surface area contributed by atoms with Crippen LogP contribution in [0.5, 0.6) is 0 Å². The van der Waals surface area contributed by atoms with Gasteiger partial charge in [0.25, 0.3) is 0 Å². The number of rotatable bonds is 2. The summed E-state index contributed by atoms with van der Waals surface area (Å²) in [6, 6.07) is 18.0. The number of allylic oxidation sites excluding steroid dienone is 1. The van der Waals surface area contributed by atoms with Gasteiger partial charge in [-0.25, -0.2) is 0 Å². The highest BCUT2D eigenvalue weighted by Gasteiger charge is 2.44. The second kappa shape index (κ2) is 6.98. The monoisotopic (exact) mass is 381 g/mol. The molecule has 0 saturated heterocycles. The number of nitriles is 1. The van der Waals surface area contributed by atoms with Gasteiger partial charge >= 0.3 is 0 Å². The third kappa shape index (κ3) is 3.89. The van der Waals surface area contributed by atoms with Crippen molar-refractivity contribution >= 4 is 28.8 Å². The summed E-state index contributed by atoms with van der Waals surface area (Å²) < 4.78 is 0. The predicted octanol–water partition coefficient (Wildman–Crippen LogP) is 7.30. The zero-order valence-electron chi connectivity index (χ0n) is 15.2. The van der Waals surface area contributed by atoms with Crippen molar-refractivity contribution in [1.82, 2.24) is 0 Å². The van der Waals surface area contributed by atoms with Crippen LogP contribution >= 0.6 is 23.2 Å². The van der Waals surface area contributed by atoms with Crippen molar-refractivity contribution in [3.8, 4) is 6.07 Å². The Kier molecular flexibility index (Phi) is 5.05. The first-order valence-electron chi connectivity index (χ1n) is 8.66. The maximum Gasteiger partial charge on any atom is 0.0833 e. The van der Waals surface area contributed by atoms with Gasteiger partial charge in [-0.2, -0.15) is 5.26 Å². The Labute approximate surface area is 165 Å². The van der Waals surface area contributed by atoms with Gasteiger partial charge in [-0.3, -0.25) is 0 Å². The van der Waals surface area contributed by atoms with Gasteiger partial charge in [0.05, 0.1) is 11.5 Å². The Morgan fingerprint density at radius 3 is 1.77 bits per heavy atom. The molecule has 1 nitrogen and oxygen atoms in total. The molecule has 0 radical (unpaired) electrons. The van der Waals surface area contributed by atoms with Crippen molar-refractivity contribution in [3.05, 3.63) is 81.0 Å². The summed E-state index contributed by atoms with van der Waals surface area (Å²) in [5.74, 6) is 0. The fourth-order valence-electron chi connectivity index (χ4n) is 3.78. The van der Waals surface area contributed by atoms with E-state index < -0.39 is 5.41 Å². The van der Waals surface area contributed by atoms with E-state index in [0.29, 0.717) is 10.0 Å². The molecule has 0 bridgehead atoms. The molecular formula is C23H21Cl2N. The molecule has 3 heteroatoms. The molecule has 1 aliphatic rings. The van der Waals surface area contributed by atoms with E-state index >= 15 is 0 Å². The van der Waals surface area contributed by atoms with Gasteiger partial charge in [0.1, 0.15) is 0 Å². The lowest BCUT2D eigenvalue weighted by Crippen LogP contribution is -2.13. The van der Waals surface area contributed by atoms with Gasteiger partial charge in [-0.05, 0) is 66.1 Å². The summed E-state index contributed by atoms with van der Waals surface area (Å²) in [5, 5.41) is 11.2. The topological polar surface area (TPSA) is 23.8 Å². The lowest BCUT2D eigenvalue weighted by molar-refractivity contribution is 0.339. The predicted molar refractivity (Wildman–Crippen MR) is 109 cm³/mol. The number of benzene rings is 2. The number of halogens is 2. The van der Waals surface area contributed by atoms with Gasteiger partial charge in [0.15, 0.2) is 0 Å². The zero-order chi connectivity index (χ0) is 18.9. The molecule has 2 aromatic rings. The average molecular weight is 382 g/mol. The fraction of sp³-hybridized carbons (Fsp3) is 0.304. The van der Waals surface area contributed by atoms with Crippen molar-refractivity contribution in [3.63, 3.8) is 0 Å². The van der Waals surface area contributed by atoms with Crippen molar-refractivity contribution in [2.45, 2.75) is 33.6 Å². The van der Waals surface area contributed by atoms with E-state index in [2.05, 4.69) is 25.6 Å². The molecule has 0 aromatic heterocycles. The minimum absolute atomic E-state index is 0.0952. The molecule has 0 N–H and O–H groups in total. The van der Waals surface area contributed by atoms with E-state index in [1.165, 1.54) is 0 Å². The molecule has 1 fully saturated rings. The first-order chi connectivity index (χ1) is 12.2. The molecule has 3 rings (SSSR count). The van der Waals surface area contributed by atoms with Crippen LogP contribution in [0.2, 0.25) is 10.0 Å². The molecule has 1 atom stereocenters. The van der Waals surface area contributed by atoms with Crippen molar-refractivity contribution in [2.24, 2.45) is 10.8 Å². The van der Waals surface area contributed by atoms with Crippen LogP contribution < -0.4 is 0 Å². The standard InChI is InChI=1S/C23H21Cl2N/c1-22(2)13-18(23(3,14-22)15-26)12-21(16-4-8-19(24)9-5-16)17-6-10-20(25)11-7-17/h4-11H,13-14H2,1-3H3. The molecule has 132 valence electrons. The third-order valence-electron chi connectivity index (χ3n) is 4.94. The second-order valence-electron chi connectivity index (χ2n) is 7.95. The van der Waals surface area contributed by atoms with Crippen molar-refractivity contribution in [1.29, 1.82) is 5.26 Å². The maximum atomic E-state index is 9.80. The Morgan fingerprint density at radius 2 is 1.35 bits per heavy atom. The van der Waals surface area contributed by atoms with Gasteiger partial charge in [0.2, 0.25) is 0 Å². The lowest BCUT2D eigenvalue weighted by atomic mass is 9.83. The van der Waals surface area contributed by atoms with E-state index in [0.717, 1.165) is 35.1 Å². The first kappa shape index (κ1) is 18.8. The minimum Gasteiger partial charge on any atom is -0.197 e. The van der Waals surface area contributed by atoms with E-state index in [9.17, 15) is 5.26 Å². The molecule has 0 spiro atoms. The Balaban J connectivity index is 2.26. The average Bonchev–Trinajstić information content (AvgIpc) is 2.84. The summed E-state index contributed by atoms with van der Waals surface area (Å²) in [5.41, 5.74) is 7.28. The molecule has 2 aromatic carbocycles. The molecule has 1 aliphatic carbocycles. The van der Waals surface area contributed by atoms with Crippen LogP contribution in [0.25, 0.3) is 5.57 Å². The summed E-state index contributed by atoms with van der Waals surface area (Å²) in [7, 11) is 0. The van der Waals surface area contributed by atoms with Crippen LogP contribution in [0, 0.1) is 22.2 Å². The third-order valence-corrected chi connectivity index (χ3v) is 5.45. The van der Waals surface area contributed by atoms with Crippen LogP contribution in [0.4, 0.5) is 0 Å². The number of nitrogens with zero attached hydrogens (tertiary/aromatic N) is 1. The molecule has 0 heterocycles. The van der Waals surface area contributed by atoms with E-state index in [4.69, 9.17) is 23.2 Å². The fourth-order valence-corrected chi connectivity index (χ4v) is 4.04.